The number of primary amides is 1. The lowest BCUT2D eigenvalue weighted by molar-refractivity contribution is -0.143. The van der Waals surface area contributed by atoms with Crippen molar-refractivity contribution in [1.29, 1.82) is 0 Å². The predicted molar refractivity (Wildman–Crippen MR) is 294 cm³/mol. The molecule has 1 aromatic rings. The van der Waals surface area contributed by atoms with Crippen molar-refractivity contribution in [2.45, 2.75) is 168 Å². The quantitative estimate of drug-likeness (QED) is 0.0272. The average molecular weight is 1110 g/mol. The van der Waals surface area contributed by atoms with Gasteiger partial charge in [0.05, 0.1) is 52.9 Å². The van der Waals surface area contributed by atoms with Crippen molar-refractivity contribution in [3.05, 3.63) is 29.8 Å². The van der Waals surface area contributed by atoms with Crippen LogP contribution in [0.5, 0.6) is 0 Å². The summed E-state index contributed by atoms with van der Waals surface area (Å²) < 4.78 is 39.5. The van der Waals surface area contributed by atoms with Crippen LogP contribution in [-0.4, -0.2) is 138 Å². The van der Waals surface area contributed by atoms with Crippen LogP contribution in [0.2, 0.25) is 0 Å². The van der Waals surface area contributed by atoms with Crippen LogP contribution in [0, 0.1) is 52.3 Å². The smallest absolute Gasteiger partial charge is 0.430 e. The molecule has 6 amide bonds. The third-order valence-corrected chi connectivity index (χ3v) is 17.2. The number of benzene rings is 1. The molecular weight excluding hydrogens is 1020 g/mol. The molecule has 0 bridgehead atoms. The molecule has 440 valence electrons. The summed E-state index contributed by atoms with van der Waals surface area (Å²) in [6.45, 7) is 11.2. The van der Waals surface area contributed by atoms with E-state index in [1.807, 2.05) is 0 Å². The summed E-state index contributed by atoms with van der Waals surface area (Å²) in [4.78, 5) is 89.2. The Balaban J connectivity index is 0.834. The molecule has 3 unspecified atom stereocenters. The maximum Gasteiger partial charge on any atom is 0.508 e. The van der Waals surface area contributed by atoms with E-state index in [9.17, 15) is 33.6 Å². The zero-order valence-electron chi connectivity index (χ0n) is 47.3. The normalized spacial score (nSPS) is 26.0. The fraction of sp³-hybridized carbons (Fsp3) is 0.746. The highest BCUT2D eigenvalue weighted by atomic mass is 16.7. The summed E-state index contributed by atoms with van der Waals surface area (Å²) >= 11 is 0. The number of carbonyl (C=O) groups excluding carboxylic acids is 7. The molecular formula is C59H90N6O14. The minimum absolute atomic E-state index is 0.00913. The third-order valence-electron chi connectivity index (χ3n) is 17.2. The standard InChI is InChI=1S/C59H90N6O14/c1-40(2)53(65-51(67)24-29-73-31-33-75-35-36-76-34-32-74-30-28-61-52(68)39-77-45-11-8-6-5-7-9-12-45)55(70)64-49(13-10-27-62-56(60)71)54(69)63-43-17-14-41(15-18-43)38-78-57(72)79-50-21-20-47-46-19-16-42-37-44(66)22-25-58(42,3)48(46)23-26-59(47,50)4/h14-15,17-18,40,42,45-50,53H,5-8,10-11,13,16,19-39H2,1-4H3,(H,61,68)(H,63,69)(H,64,70)(H,65,67)(H3,60,62,71)/t42?,45?,46-,47-,48-,49-,50-,53-,58?,59-/m0/s1. The summed E-state index contributed by atoms with van der Waals surface area (Å²) in [6, 6.07) is 4.11. The summed E-state index contributed by atoms with van der Waals surface area (Å²) in [5, 5.41) is 13.7. The number of nitrogens with one attached hydrogen (secondary N) is 5. The highest BCUT2D eigenvalue weighted by molar-refractivity contribution is 5.98. The number of rotatable bonds is 31. The summed E-state index contributed by atoms with van der Waals surface area (Å²) in [5.74, 6) is 6.80. The number of nitrogens with two attached hydrogens (primary N) is 1. The second kappa shape index (κ2) is 32.2. The van der Waals surface area contributed by atoms with Crippen LogP contribution in [0.25, 0.3) is 0 Å². The van der Waals surface area contributed by atoms with Gasteiger partial charge in [-0.15, -0.1) is 5.92 Å². The van der Waals surface area contributed by atoms with E-state index in [2.05, 4.69) is 52.3 Å². The van der Waals surface area contributed by atoms with Crippen molar-refractivity contribution in [2.75, 3.05) is 77.9 Å². The number of amides is 6. The molecule has 0 aromatic heterocycles. The van der Waals surface area contributed by atoms with Crippen LogP contribution in [0.15, 0.2) is 24.3 Å². The van der Waals surface area contributed by atoms with Crippen molar-refractivity contribution in [3.63, 3.8) is 0 Å². The maximum absolute atomic E-state index is 13.7. The van der Waals surface area contributed by atoms with Crippen LogP contribution in [0.1, 0.15) is 142 Å². The lowest BCUT2D eigenvalue weighted by Gasteiger charge is -2.60. The first-order valence-corrected chi connectivity index (χ1v) is 29.1. The topological polar surface area (TPSA) is 270 Å². The summed E-state index contributed by atoms with van der Waals surface area (Å²) in [5.41, 5.74) is 6.48. The molecule has 20 heteroatoms. The number of hydrogen-bond acceptors (Lipinski definition) is 14. The van der Waals surface area contributed by atoms with Crippen molar-refractivity contribution in [3.8, 4) is 11.8 Å². The van der Waals surface area contributed by atoms with Gasteiger partial charge in [0.2, 0.25) is 23.6 Å². The lowest BCUT2D eigenvalue weighted by Crippen LogP contribution is -2.54. The van der Waals surface area contributed by atoms with Crippen LogP contribution >= 0.6 is 0 Å². The van der Waals surface area contributed by atoms with Gasteiger partial charge in [-0.1, -0.05) is 52.2 Å². The Hall–Kier alpha value is -5.33. The first-order chi connectivity index (χ1) is 38.0. The van der Waals surface area contributed by atoms with Crippen molar-refractivity contribution in [2.24, 2.45) is 46.2 Å². The first kappa shape index (κ1) is 62.9. The van der Waals surface area contributed by atoms with E-state index < -0.39 is 42.0 Å². The fourth-order valence-corrected chi connectivity index (χ4v) is 12.7. The molecule has 10 atom stereocenters. The van der Waals surface area contributed by atoms with Gasteiger partial charge in [-0.05, 0) is 130 Å². The van der Waals surface area contributed by atoms with Gasteiger partial charge in [0.25, 0.3) is 0 Å². The monoisotopic (exact) mass is 1110 g/mol. The molecule has 4 saturated carbocycles. The van der Waals surface area contributed by atoms with Gasteiger partial charge in [-0.3, -0.25) is 24.0 Å². The first-order valence-electron chi connectivity index (χ1n) is 29.1. The van der Waals surface area contributed by atoms with Gasteiger partial charge in [-0.2, -0.15) is 0 Å². The van der Waals surface area contributed by atoms with Crippen LogP contribution < -0.4 is 32.3 Å². The Kier molecular flexibility index (Phi) is 25.6. The Morgan fingerprint density at radius 2 is 1.44 bits per heavy atom. The molecule has 0 heterocycles. The van der Waals surface area contributed by atoms with Crippen molar-refractivity contribution < 1.29 is 66.7 Å². The molecule has 0 radical (unpaired) electrons. The summed E-state index contributed by atoms with van der Waals surface area (Å²) in [7, 11) is 0. The molecule has 5 aliphatic rings. The van der Waals surface area contributed by atoms with Gasteiger partial charge in [0.15, 0.2) is 0 Å². The zero-order valence-corrected chi connectivity index (χ0v) is 47.3. The molecule has 0 spiro atoms. The van der Waals surface area contributed by atoms with Gasteiger partial charge < -0.3 is 65.5 Å². The number of hydrogen-bond donors (Lipinski definition) is 6. The summed E-state index contributed by atoms with van der Waals surface area (Å²) in [6.07, 6.45) is 13.0. The van der Waals surface area contributed by atoms with Gasteiger partial charge in [-0.25, -0.2) is 9.59 Å². The molecule has 0 saturated heterocycles. The Bertz CT molecular complexity index is 2220. The van der Waals surface area contributed by atoms with E-state index in [-0.39, 0.29) is 87.3 Å². The molecule has 20 nitrogen and oxygen atoms in total. The van der Waals surface area contributed by atoms with Crippen LogP contribution in [0.3, 0.4) is 0 Å². The Morgan fingerprint density at radius 3 is 2.16 bits per heavy atom. The van der Waals surface area contributed by atoms with Crippen LogP contribution in [0.4, 0.5) is 15.3 Å². The molecule has 5 aliphatic carbocycles. The Labute approximate surface area is 467 Å². The van der Waals surface area contributed by atoms with Gasteiger partial charge >= 0.3 is 12.2 Å². The van der Waals surface area contributed by atoms with E-state index in [4.69, 9.17) is 38.9 Å². The SMILES string of the molecule is CC(C)[C@H](NC(=O)CCOCCOCCOCCOCCNC(=O)COC1C#CCCCCC1)C(=O)N[C@@H](CCCNC(N)=O)C(=O)Nc1ccc(COC(=O)O[C@H]2CC[C@H]3[C@@H]4CCC5CC(=O)CCC5(C)[C@H]4CC[C@]23C)cc1. The van der Waals surface area contributed by atoms with E-state index in [1.165, 1.54) is 0 Å². The second-order valence-corrected chi connectivity index (χ2v) is 22.9. The molecule has 1 aromatic carbocycles. The minimum atomic E-state index is -1.03. The predicted octanol–water partition coefficient (Wildman–Crippen LogP) is 6.26. The average Bonchev–Trinajstić information content (AvgIpc) is 3.78. The largest absolute Gasteiger partial charge is 0.508 e. The number of Topliss-reactive ketones (excluding diaryl/α,β-unsaturated/α-hetero) is 1. The molecule has 7 N–H and O–H groups in total. The lowest BCUT2D eigenvalue weighted by atomic mass is 9.45. The van der Waals surface area contributed by atoms with Crippen LogP contribution in [-0.2, 0) is 63.7 Å². The molecule has 6 rings (SSSR count). The molecule has 4 fully saturated rings. The Morgan fingerprint density at radius 1 is 0.734 bits per heavy atom. The fourth-order valence-electron chi connectivity index (χ4n) is 12.7. The highest BCUT2D eigenvalue weighted by Crippen LogP contribution is 2.66. The second-order valence-electron chi connectivity index (χ2n) is 22.9. The number of urea groups is 1. The number of carbonyl (C=O) groups is 7. The number of anilines is 1. The van der Waals surface area contributed by atoms with E-state index >= 15 is 0 Å². The van der Waals surface area contributed by atoms with Crippen molar-refractivity contribution in [1.82, 2.24) is 21.3 Å². The zero-order chi connectivity index (χ0) is 56.6. The molecule has 0 aliphatic heterocycles. The van der Waals surface area contributed by atoms with E-state index in [1.54, 1.807) is 38.1 Å². The highest BCUT2D eigenvalue weighted by Gasteiger charge is 2.61. The minimum Gasteiger partial charge on any atom is -0.430 e. The van der Waals surface area contributed by atoms with E-state index in [0.717, 1.165) is 83.5 Å². The number of ketones is 1. The van der Waals surface area contributed by atoms with E-state index in [0.29, 0.717) is 93.1 Å². The maximum atomic E-state index is 13.7. The number of fused-ring (bicyclic) bond motifs is 5. The molecule has 79 heavy (non-hydrogen) atoms. The van der Waals surface area contributed by atoms with Gasteiger partial charge in [0.1, 0.15) is 43.3 Å². The third kappa shape index (κ3) is 19.7. The van der Waals surface area contributed by atoms with Crippen molar-refractivity contribution >= 4 is 47.3 Å². The van der Waals surface area contributed by atoms with Gasteiger partial charge in [0, 0.05) is 49.9 Å². The number of ether oxygens (including phenoxy) is 7.